The molecule has 1 fully saturated rings. The molecule has 0 spiro atoms. The molecule has 1 saturated carbocycles. The summed E-state index contributed by atoms with van der Waals surface area (Å²) in [6.07, 6.45) is 10.2. The van der Waals surface area contributed by atoms with Crippen molar-refractivity contribution in [3.05, 3.63) is 71.1 Å². The van der Waals surface area contributed by atoms with Gasteiger partial charge < -0.3 is 14.6 Å². The van der Waals surface area contributed by atoms with Gasteiger partial charge in [0.2, 0.25) is 5.89 Å². The molecule has 202 valence electrons. The second kappa shape index (κ2) is 11.4. The van der Waals surface area contributed by atoms with E-state index in [0.29, 0.717) is 22.3 Å². The number of oxazole rings is 1. The van der Waals surface area contributed by atoms with Gasteiger partial charge in [0.1, 0.15) is 6.26 Å². The maximum atomic E-state index is 12.9. The number of benzene rings is 2. The van der Waals surface area contributed by atoms with Gasteiger partial charge in [-0.15, -0.1) is 0 Å². The molecule has 0 unspecified atom stereocenters. The maximum absolute atomic E-state index is 12.9. The number of fused-ring (bicyclic) bond motifs is 1. The highest BCUT2D eigenvalue weighted by Gasteiger charge is 2.24. The van der Waals surface area contributed by atoms with Gasteiger partial charge in [-0.25, -0.2) is 13.4 Å². The lowest BCUT2D eigenvalue weighted by Gasteiger charge is -2.30. The Hall–Kier alpha value is -2.97. The number of nitrogens with zero attached hydrogens (tertiary/aromatic N) is 2. The number of rotatable bonds is 7. The highest BCUT2D eigenvalue weighted by molar-refractivity contribution is 7.90. The van der Waals surface area contributed by atoms with E-state index in [-0.39, 0.29) is 11.9 Å². The van der Waals surface area contributed by atoms with E-state index in [1.807, 2.05) is 43.3 Å². The fourth-order valence-corrected chi connectivity index (χ4v) is 6.38. The van der Waals surface area contributed by atoms with Crippen molar-refractivity contribution in [1.29, 1.82) is 0 Å². The van der Waals surface area contributed by atoms with Crippen molar-refractivity contribution in [3.8, 4) is 11.5 Å². The van der Waals surface area contributed by atoms with Crippen molar-refractivity contribution in [1.82, 2.24) is 15.2 Å². The second-order valence-electron chi connectivity index (χ2n) is 10.9. The first-order valence-electron chi connectivity index (χ1n) is 13.6. The molecule has 0 bridgehead atoms. The van der Waals surface area contributed by atoms with E-state index >= 15 is 0 Å². The van der Waals surface area contributed by atoms with Gasteiger partial charge in [0.05, 0.1) is 10.6 Å². The Morgan fingerprint density at radius 3 is 2.53 bits per heavy atom. The molecule has 7 nitrogen and oxygen atoms in total. The predicted molar refractivity (Wildman–Crippen MR) is 148 cm³/mol. The zero-order chi connectivity index (χ0) is 26.7. The number of aromatic nitrogens is 1. The topological polar surface area (TPSA) is 92.5 Å². The van der Waals surface area contributed by atoms with Gasteiger partial charge in [0.25, 0.3) is 5.91 Å². The third-order valence-electron chi connectivity index (χ3n) is 8.03. The van der Waals surface area contributed by atoms with Gasteiger partial charge in [0.15, 0.2) is 9.84 Å². The van der Waals surface area contributed by atoms with E-state index in [1.165, 1.54) is 23.8 Å². The summed E-state index contributed by atoms with van der Waals surface area (Å²) in [5.41, 5.74) is 4.70. The first-order valence-corrected chi connectivity index (χ1v) is 15.5. The lowest BCUT2D eigenvalue weighted by Crippen LogP contribution is -2.38. The standard InChI is InChI=1S/C30H37N3O4S/c1-21-20-37-30(31-21)26-5-3-4-25(18-26)29(34)32-27-9-6-22(7-10-27)12-15-33-16-13-23-8-11-28(38(2,35)36)19-24(23)14-17-33/h3-5,8,11,18-20,22,27H,6-7,9-10,12-17H2,1-2H3,(H,32,34). The Balaban J connectivity index is 1.07. The maximum Gasteiger partial charge on any atom is 0.251 e. The first kappa shape index (κ1) is 26.6. The third-order valence-corrected chi connectivity index (χ3v) is 9.14. The normalized spacial score (nSPS) is 20.5. The van der Waals surface area contributed by atoms with Crippen LogP contribution in [0.2, 0.25) is 0 Å². The Bertz CT molecular complexity index is 1390. The van der Waals surface area contributed by atoms with Gasteiger partial charge >= 0.3 is 0 Å². The summed E-state index contributed by atoms with van der Waals surface area (Å²) in [5.74, 6) is 1.17. The molecule has 1 aromatic heterocycles. The van der Waals surface area contributed by atoms with Gasteiger partial charge in [0, 0.05) is 36.5 Å². The Labute approximate surface area is 225 Å². The van der Waals surface area contributed by atoms with E-state index in [0.717, 1.165) is 69.4 Å². The number of amides is 1. The summed E-state index contributed by atoms with van der Waals surface area (Å²) in [5, 5.41) is 3.24. The number of hydrogen-bond donors (Lipinski definition) is 1. The molecule has 0 radical (unpaired) electrons. The zero-order valence-corrected chi connectivity index (χ0v) is 23.1. The molecule has 2 aromatic carbocycles. The van der Waals surface area contributed by atoms with Crippen LogP contribution >= 0.6 is 0 Å². The monoisotopic (exact) mass is 535 g/mol. The molecule has 1 amide bonds. The summed E-state index contributed by atoms with van der Waals surface area (Å²) in [7, 11) is -3.17. The summed E-state index contributed by atoms with van der Waals surface area (Å²) >= 11 is 0. The predicted octanol–water partition coefficient (Wildman–Crippen LogP) is 4.83. The number of aryl methyl sites for hydroxylation is 1. The number of sulfone groups is 1. The summed E-state index contributed by atoms with van der Waals surface area (Å²) in [6.45, 7) is 4.94. The fraction of sp³-hybridized carbons (Fsp3) is 0.467. The second-order valence-corrected chi connectivity index (χ2v) is 12.9. The average molecular weight is 536 g/mol. The van der Waals surface area contributed by atoms with Crippen molar-refractivity contribution < 1.29 is 17.6 Å². The molecule has 2 aliphatic rings. The number of hydrogen-bond acceptors (Lipinski definition) is 6. The fourth-order valence-electron chi connectivity index (χ4n) is 5.71. The molecular weight excluding hydrogens is 498 g/mol. The molecule has 0 saturated heterocycles. The molecule has 38 heavy (non-hydrogen) atoms. The average Bonchev–Trinajstić information content (AvgIpc) is 3.24. The van der Waals surface area contributed by atoms with Crippen molar-refractivity contribution in [2.45, 2.75) is 62.8 Å². The van der Waals surface area contributed by atoms with E-state index in [2.05, 4.69) is 15.2 Å². The molecule has 1 aliphatic heterocycles. The minimum atomic E-state index is -3.17. The first-order chi connectivity index (χ1) is 18.2. The minimum absolute atomic E-state index is 0.0401. The quantitative estimate of drug-likeness (QED) is 0.466. The molecule has 1 aliphatic carbocycles. The third kappa shape index (κ3) is 6.53. The molecular formula is C30H37N3O4S. The Kier molecular flexibility index (Phi) is 8.00. The highest BCUT2D eigenvalue weighted by atomic mass is 32.2. The SMILES string of the molecule is Cc1coc(-c2cccc(C(=O)NC3CCC(CCN4CCc5ccc(S(C)(=O)=O)cc5CC4)CC3)c2)n1. The highest BCUT2D eigenvalue weighted by Crippen LogP contribution is 2.28. The van der Waals surface area contributed by atoms with Crippen molar-refractivity contribution >= 4 is 15.7 Å². The van der Waals surface area contributed by atoms with E-state index in [4.69, 9.17) is 4.42 Å². The van der Waals surface area contributed by atoms with Crippen LogP contribution in [0.5, 0.6) is 0 Å². The number of nitrogens with one attached hydrogen (secondary N) is 1. The summed E-state index contributed by atoms with van der Waals surface area (Å²) < 4.78 is 29.3. The summed E-state index contributed by atoms with van der Waals surface area (Å²) in [4.78, 5) is 20.2. The lowest BCUT2D eigenvalue weighted by atomic mass is 9.84. The summed E-state index contributed by atoms with van der Waals surface area (Å²) in [6, 6.07) is 13.3. The molecule has 2 heterocycles. The van der Waals surface area contributed by atoms with Crippen LogP contribution in [-0.4, -0.2) is 56.1 Å². The number of carbonyl (C=O) groups excluding carboxylic acids is 1. The van der Waals surface area contributed by atoms with Crippen LogP contribution in [-0.2, 0) is 22.7 Å². The van der Waals surface area contributed by atoms with Crippen molar-refractivity contribution in [2.75, 3.05) is 25.9 Å². The van der Waals surface area contributed by atoms with Gasteiger partial charge in [-0.05, 0) is 106 Å². The van der Waals surface area contributed by atoms with Gasteiger partial charge in [-0.3, -0.25) is 4.79 Å². The Morgan fingerprint density at radius 2 is 1.82 bits per heavy atom. The molecule has 1 N–H and O–H groups in total. The van der Waals surface area contributed by atoms with Crippen LogP contribution in [0.15, 0.2) is 58.0 Å². The van der Waals surface area contributed by atoms with Crippen LogP contribution in [0.1, 0.15) is 59.3 Å². The Morgan fingerprint density at radius 1 is 1.05 bits per heavy atom. The van der Waals surface area contributed by atoms with Crippen molar-refractivity contribution in [2.24, 2.45) is 5.92 Å². The van der Waals surface area contributed by atoms with E-state index in [1.54, 1.807) is 12.3 Å². The van der Waals surface area contributed by atoms with Gasteiger partial charge in [-0.2, -0.15) is 0 Å². The van der Waals surface area contributed by atoms with Gasteiger partial charge in [-0.1, -0.05) is 12.1 Å². The molecule has 5 rings (SSSR count). The smallest absolute Gasteiger partial charge is 0.251 e. The van der Waals surface area contributed by atoms with Crippen LogP contribution < -0.4 is 5.32 Å². The lowest BCUT2D eigenvalue weighted by molar-refractivity contribution is 0.0920. The zero-order valence-electron chi connectivity index (χ0n) is 22.3. The van der Waals surface area contributed by atoms with Crippen LogP contribution in [0.25, 0.3) is 11.5 Å². The van der Waals surface area contributed by atoms with E-state index < -0.39 is 9.84 Å². The van der Waals surface area contributed by atoms with Crippen molar-refractivity contribution in [3.63, 3.8) is 0 Å². The van der Waals surface area contributed by atoms with E-state index in [9.17, 15) is 13.2 Å². The molecule has 8 heteroatoms. The van der Waals surface area contributed by atoms with Crippen LogP contribution in [0, 0.1) is 12.8 Å². The number of carbonyl (C=O) groups is 1. The van der Waals surface area contributed by atoms with Crippen LogP contribution in [0.4, 0.5) is 0 Å². The molecule has 3 aromatic rings. The molecule has 0 atom stereocenters. The largest absolute Gasteiger partial charge is 0.444 e. The minimum Gasteiger partial charge on any atom is -0.444 e. The van der Waals surface area contributed by atoms with Crippen LogP contribution in [0.3, 0.4) is 0 Å².